The number of nitrogens with zero attached hydrogens (tertiary/aromatic N) is 1. The van der Waals surface area contributed by atoms with E-state index in [4.69, 9.17) is 4.74 Å². The fourth-order valence-corrected chi connectivity index (χ4v) is 2.29. The predicted molar refractivity (Wildman–Crippen MR) is 88.8 cm³/mol. The topological polar surface area (TPSA) is 41.6 Å². The van der Waals surface area contributed by atoms with E-state index in [2.05, 4.69) is 5.32 Å². The van der Waals surface area contributed by atoms with Crippen LogP contribution in [0.3, 0.4) is 0 Å². The van der Waals surface area contributed by atoms with Crippen LogP contribution in [0.5, 0.6) is 5.75 Å². The average molecular weight is 370 g/mol. The molecule has 0 radical (unpaired) electrons. The first-order valence-corrected chi connectivity index (χ1v) is 7.71. The second-order valence-electron chi connectivity index (χ2n) is 5.77. The van der Waals surface area contributed by atoms with Crippen molar-refractivity contribution in [1.82, 2.24) is 4.90 Å². The third-order valence-corrected chi connectivity index (χ3v) is 3.98. The maximum atomic E-state index is 13.7. The van der Waals surface area contributed by atoms with Crippen LogP contribution in [0.2, 0.25) is 0 Å². The molecule has 0 heterocycles. The Hall–Kier alpha value is -2.61. The maximum Gasteiger partial charge on any atom is 0.241 e. The van der Waals surface area contributed by atoms with Crippen molar-refractivity contribution in [3.8, 4) is 5.75 Å². The van der Waals surface area contributed by atoms with Crippen molar-refractivity contribution in [3.63, 3.8) is 0 Å². The molecule has 0 unspecified atom stereocenters. The van der Waals surface area contributed by atoms with E-state index in [1.807, 2.05) is 0 Å². The number of carbonyl (C=O) groups excluding carboxylic acids is 1. The van der Waals surface area contributed by atoms with E-state index in [-0.39, 0.29) is 12.3 Å². The van der Waals surface area contributed by atoms with E-state index >= 15 is 0 Å². The first-order valence-electron chi connectivity index (χ1n) is 7.71. The van der Waals surface area contributed by atoms with Gasteiger partial charge >= 0.3 is 0 Å². The highest BCUT2D eigenvalue weighted by atomic mass is 19.2. The zero-order valence-electron chi connectivity index (χ0n) is 14.4. The van der Waals surface area contributed by atoms with Gasteiger partial charge in [-0.1, -0.05) is 6.07 Å². The zero-order valence-corrected chi connectivity index (χ0v) is 14.4. The number of halogens is 4. The molecule has 0 saturated carbocycles. The minimum atomic E-state index is -1.66. The molecule has 0 bridgehead atoms. The Bertz CT molecular complexity index is 814. The van der Waals surface area contributed by atoms with Gasteiger partial charge in [-0.2, -0.15) is 0 Å². The van der Waals surface area contributed by atoms with Crippen LogP contribution >= 0.6 is 0 Å². The molecule has 140 valence electrons. The summed E-state index contributed by atoms with van der Waals surface area (Å²) in [6, 6.07) is 5.33. The van der Waals surface area contributed by atoms with Crippen LogP contribution in [0.4, 0.5) is 23.2 Å². The number of carbonyl (C=O) groups is 1. The summed E-state index contributed by atoms with van der Waals surface area (Å²) in [6.45, 7) is 1.78. The molecule has 0 aliphatic heterocycles. The first-order chi connectivity index (χ1) is 12.2. The Morgan fingerprint density at radius 1 is 1.12 bits per heavy atom. The molecule has 0 saturated heterocycles. The number of likely N-dealkylation sites (N-methyl/N-ethyl adjacent to an activating group) is 1. The van der Waals surface area contributed by atoms with Crippen molar-refractivity contribution >= 4 is 11.6 Å². The lowest BCUT2D eigenvalue weighted by Crippen LogP contribution is -2.39. The predicted octanol–water partition coefficient (Wildman–Crippen LogP) is 3.71. The molecule has 1 atom stereocenters. The lowest BCUT2D eigenvalue weighted by Gasteiger charge is -2.24. The Balaban J connectivity index is 2.05. The Morgan fingerprint density at radius 2 is 1.81 bits per heavy atom. The van der Waals surface area contributed by atoms with Gasteiger partial charge in [0.15, 0.2) is 29.0 Å². The summed E-state index contributed by atoms with van der Waals surface area (Å²) in [5, 5.41) is 2.22. The summed E-state index contributed by atoms with van der Waals surface area (Å²) < 4.78 is 58.4. The summed E-state index contributed by atoms with van der Waals surface area (Å²) >= 11 is 0. The van der Waals surface area contributed by atoms with Gasteiger partial charge in [0.05, 0.1) is 18.8 Å². The van der Waals surface area contributed by atoms with Gasteiger partial charge in [-0.3, -0.25) is 9.69 Å². The molecule has 0 aliphatic carbocycles. The summed E-state index contributed by atoms with van der Waals surface area (Å²) in [7, 11) is 2.97. The summed E-state index contributed by atoms with van der Waals surface area (Å²) in [6.07, 6.45) is 0. The van der Waals surface area contributed by atoms with Gasteiger partial charge in [-0.25, -0.2) is 17.6 Å². The number of hydrogen-bond donors (Lipinski definition) is 1. The van der Waals surface area contributed by atoms with Crippen molar-refractivity contribution in [1.29, 1.82) is 0 Å². The van der Waals surface area contributed by atoms with Crippen molar-refractivity contribution < 1.29 is 27.1 Å². The van der Waals surface area contributed by atoms with E-state index < -0.39 is 40.9 Å². The van der Waals surface area contributed by atoms with Gasteiger partial charge in [0, 0.05) is 6.54 Å². The normalized spacial score (nSPS) is 12.2. The molecule has 2 rings (SSSR count). The third-order valence-electron chi connectivity index (χ3n) is 3.98. The van der Waals surface area contributed by atoms with Crippen molar-refractivity contribution in [2.45, 2.75) is 19.5 Å². The molecule has 4 nitrogen and oxygen atoms in total. The average Bonchev–Trinajstić information content (AvgIpc) is 2.61. The number of benzene rings is 2. The summed E-state index contributed by atoms with van der Waals surface area (Å²) in [5.74, 6) is -5.50. The van der Waals surface area contributed by atoms with Gasteiger partial charge in [-0.15, -0.1) is 0 Å². The largest absolute Gasteiger partial charge is 0.494 e. The number of anilines is 1. The molecule has 26 heavy (non-hydrogen) atoms. The molecule has 0 aliphatic rings. The second-order valence-corrected chi connectivity index (χ2v) is 5.77. The molecular weight excluding hydrogens is 352 g/mol. The quantitative estimate of drug-likeness (QED) is 0.623. The van der Waals surface area contributed by atoms with Crippen molar-refractivity contribution in [2.24, 2.45) is 0 Å². The summed E-state index contributed by atoms with van der Waals surface area (Å²) in [4.78, 5) is 13.8. The molecule has 0 aromatic heterocycles. The van der Waals surface area contributed by atoms with Crippen molar-refractivity contribution in [2.75, 3.05) is 19.5 Å². The monoisotopic (exact) mass is 370 g/mol. The van der Waals surface area contributed by atoms with Gasteiger partial charge in [0.2, 0.25) is 5.91 Å². The van der Waals surface area contributed by atoms with Gasteiger partial charge in [-0.05, 0) is 43.8 Å². The van der Waals surface area contributed by atoms with Crippen LogP contribution in [-0.4, -0.2) is 31.0 Å². The van der Waals surface area contributed by atoms with Gasteiger partial charge < -0.3 is 10.1 Å². The SMILES string of the molecule is COc1ccc(CN(C)[C@@H](C)C(=O)Nc2ccc(F)c(F)c2F)cc1F. The highest BCUT2D eigenvalue weighted by Gasteiger charge is 2.21. The minimum absolute atomic E-state index is 0.107. The van der Waals surface area contributed by atoms with Crippen LogP contribution in [0.15, 0.2) is 30.3 Å². The highest BCUT2D eigenvalue weighted by molar-refractivity contribution is 5.94. The van der Waals surface area contributed by atoms with Crippen LogP contribution in [0.1, 0.15) is 12.5 Å². The molecular formula is C18H18F4N2O2. The van der Waals surface area contributed by atoms with Gasteiger partial charge in [0.25, 0.3) is 0 Å². The Labute approximate surface area is 148 Å². The molecule has 0 spiro atoms. The number of hydrogen-bond acceptors (Lipinski definition) is 3. The Kier molecular flexibility index (Phi) is 6.20. The van der Waals surface area contributed by atoms with E-state index in [0.29, 0.717) is 5.56 Å². The first kappa shape index (κ1) is 19.7. The number of methoxy groups -OCH3 is 1. The highest BCUT2D eigenvalue weighted by Crippen LogP contribution is 2.21. The zero-order chi connectivity index (χ0) is 19.4. The molecule has 1 amide bonds. The third kappa shape index (κ3) is 4.32. The Morgan fingerprint density at radius 3 is 2.42 bits per heavy atom. The van der Waals surface area contributed by atoms with Gasteiger partial charge in [0.1, 0.15) is 0 Å². The van der Waals surface area contributed by atoms with Crippen LogP contribution in [0, 0.1) is 23.3 Å². The molecule has 1 N–H and O–H groups in total. The number of ether oxygens (including phenoxy) is 1. The maximum absolute atomic E-state index is 13.7. The fraction of sp³-hybridized carbons (Fsp3) is 0.278. The van der Waals surface area contributed by atoms with Crippen molar-refractivity contribution in [3.05, 3.63) is 59.2 Å². The number of rotatable bonds is 6. The second kappa shape index (κ2) is 8.18. The van der Waals surface area contributed by atoms with E-state index in [9.17, 15) is 22.4 Å². The standard InChI is InChI=1S/C18H18F4N2O2/c1-10(18(25)23-14-6-5-12(19)16(21)17(14)22)24(2)9-11-4-7-15(26-3)13(20)8-11/h4-8,10H,9H2,1-3H3,(H,23,25)/t10-/m0/s1. The molecule has 2 aromatic carbocycles. The molecule has 8 heteroatoms. The van der Waals surface area contributed by atoms with E-state index in [1.165, 1.54) is 19.2 Å². The minimum Gasteiger partial charge on any atom is -0.494 e. The molecule has 2 aromatic rings. The van der Waals surface area contributed by atoms with Crippen LogP contribution in [0.25, 0.3) is 0 Å². The lowest BCUT2D eigenvalue weighted by atomic mass is 10.1. The smallest absolute Gasteiger partial charge is 0.241 e. The number of amides is 1. The van der Waals surface area contributed by atoms with E-state index in [0.717, 1.165) is 12.1 Å². The lowest BCUT2D eigenvalue weighted by molar-refractivity contribution is -0.120. The summed E-state index contributed by atoms with van der Waals surface area (Å²) in [5.41, 5.74) is 0.147. The van der Waals surface area contributed by atoms with Crippen LogP contribution < -0.4 is 10.1 Å². The number of nitrogens with one attached hydrogen (secondary N) is 1. The fourth-order valence-electron chi connectivity index (χ4n) is 2.29. The van der Waals surface area contributed by atoms with E-state index in [1.54, 1.807) is 24.9 Å². The molecule has 0 fully saturated rings. The van der Waals surface area contributed by atoms with Crippen LogP contribution in [-0.2, 0) is 11.3 Å².